The molecule has 0 aliphatic carbocycles. The second kappa shape index (κ2) is 8.43. The van der Waals surface area contributed by atoms with Crippen LogP contribution in [0.1, 0.15) is 67.7 Å². The van der Waals surface area contributed by atoms with Gasteiger partial charge < -0.3 is 14.8 Å². The smallest absolute Gasteiger partial charge is 0.223 e. The first-order valence-electron chi connectivity index (χ1n) is 10.6. The van der Waals surface area contributed by atoms with Crippen LogP contribution in [0.3, 0.4) is 0 Å². The van der Waals surface area contributed by atoms with Gasteiger partial charge in [0.15, 0.2) is 0 Å². The van der Waals surface area contributed by atoms with Gasteiger partial charge in [-0.2, -0.15) is 0 Å². The van der Waals surface area contributed by atoms with Gasteiger partial charge in [-0.15, -0.1) is 10.2 Å². The Hall–Kier alpha value is -2.21. The SMILES string of the molecule is CCc1ccc(C(C)CC(=O)N2CCC(c3nnc4n3CCNC4)CC2)cc1. The lowest BCUT2D eigenvalue weighted by Gasteiger charge is -2.32. The standard InChI is InChI=1S/C22H31N5O/c1-3-17-4-6-18(7-5-17)16(2)14-21(28)26-11-8-19(9-12-26)22-25-24-20-15-23-10-13-27(20)22/h4-7,16,19,23H,3,8-15H2,1-2H3. The van der Waals surface area contributed by atoms with Gasteiger partial charge in [-0.3, -0.25) is 4.79 Å². The molecule has 0 radical (unpaired) electrons. The number of nitrogens with one attached hydrogen (secondary N) is 1. The highest BCUT2D eigenvalue weighted by Gasteiger charge is 2.29. The Morgan fingerprint density at radius 2 is 1.93 bits per heavy atom. The van der Waals surface area contributed by atoms with Crippen molar-refractivity contribution in [3.63, 3.8) is 0 Å². The molecule has 1 amide bonds. The highest BCUT2D eigenvalue weighted by Crippen LogP contribution is 2.29. The van der Waals surface area contributed by atoms with E-state index in [1.807, 2.05) is 4.90 Å². The van der Waals surface area contributed by atoms with E-state index >= 15 is 0 Å². The van der Waals surface area contributed by atoms with Crippen LogP contribution in [0.4, 0.5) is 0 Å². The minimum atomic E-state index is 0.257. The van der Waals surface area contributed by atoms with Crippen molar-refractivity contribution in [1.29, 1.82) is 0 Å². The fraction of sp³-hybridized carbons (Fsp3) is 0.591. The quantitative estimate of drug-likeness (QED) is 0.865. The molecule has 1 aromatic carbocycles. The third kappa shape index (κ3) is 3.97. The van der Waals surface area contributed by atoms with Gasteiger partial charge in [-0.05, 0) is 36.3 Å². The molecule has 4 rings (SSSR count). The zero-order valence-corrected chi connectivity index (χ0v) is 17.0. The van der Waals surface area contributed by atoms with Crippen LogP contribution in [0, 0.1) is 0 Å². The maximum Gasteiger partial charge on any atom is 0.223 e. The summed E-state index contributed by atoms with van der Waals surface area (Å²) in [7, 11) is 0. The molecule has 6 nitrogen and oxygen atoms in total. The van der Waals surface area contributed by atoms with E-state index in [1.165, 1.54) is 11.1 Å². The number of nitrogens with zero attached hydrogens (tertiary/aromatic N) is 4. The molecule has 0 spiro atoms. The number of hydrogen-bond donors (Lipinski definition) is 1. The van der Waals surface area contributed by atoms with E-state index in [0.717, 1.165) is 63.6 Å². The van der Waals surface area contributed by atoms with E-state index < -0.39 is 0 Å². The van der Waals surface area contributed by atoms with Crippen LogP contribution in [-0.2, 0) is 24.3 Å². The summed E-state index contributed by atoms with van der Waals surface area (Å²) in [4.78, 5) is 14.9. The van der Waals surface area contributed by atoms with Crippen molar-refractivity contribution in [3.8, 4) is 0 Å². The Balaban J connectivity index is 1.32. The van der Waals surface area contributed by atoms with Crippen molar-refractivity contribution >= 4 is 5.91 Å². The predicted octanol–water partition coefficient (Wildman–Crippen LogP) is 2.84. The van der Waals surface area contributed by atoms with Crippen LogP contribution in [0.5, 0.6) is 0 Å². The number of carbonyl (C=O) groups excluding carboxylic acids is 1. The van der Waals surface area contributed by atoms with Crippen molar-refractivity contribution in [3.05, 3.63) is 47.0 Å². The first kappa shape index (κ1) is 19.1. The van der Waals surface area contributed by atoms with Crippen molar-refractivity contribution < 1.29 is 4.79 Å². The highest BCUT2D eigenvalue weighted by molar-refractivity contribution is 5.77. The molecule has 1 saturated heterocycles. The molecule has 150 valence electrons. The maximum atomic E-state index is 12.8. The average molecular weight is 382 g/mol. The molecule has 1 aromatic heterocycles. The Labute approximate surface area is 167 Å². The molecule has 2 aromatic rings. The summed E-state index contributed by atoms with van der Waals surface area (Å²) in [6.07, 6.45) is 3.60. The lowest BCUT2D eigenvalue weighted by molar-refractivity contribution is -0.132. The molecular weight excluding hydrogens is 350 g/mol. The highest BCUT2D eigenvalue weighted by atomic mass is 16.2. The lowest BCUT2D eigenvalue weighted by atomic mass is 9.93. The Morgan fingerprint density at radius 3 is 2.64 bits per heavy atom. The first-order valence-corrected chi connectivity index (χ1v) is 10.6. The Kier molecular flexibility index (Phi) is 5.76. The van der Waals surface area contributed by atoms with Crippen LogP contribution in [0.25, 0.3) is 0 Å². The molecule has 2 aliphatic heterocycles. The Bertz CT molecular complexity index is 805. The van der Waals surface area contributed by atoms with Crippen molar-refractivity contribution in [2.75, 3.05) is 19.6 Å². The van der Waals surface area contributed by atoms with Gasteiger partial charge in [0, 0.05) is 38.5 Å². The van der Waals surface area contributed by atoms with Gasteiger partial charge in [0.1, 0.15) is 11.6 Å². The van der Waals surface area contributed by atoms with Crippen molar-refractivity contribution in [2.24, 2.45) is 0 Å². The van der Waals surface area contributed by atoms with Crippen molar-refractivity contribution in [2.45, 2.75) is 64.5 Å². The topological polar surface area (TPSA) is 63.1 Å². The zero-order chi connectivity index (χ0) is 19.5. The van der Waals surface area contributed by atoms with Gasteiger partial charge in [-0.25, -0.2) is 0 Å². The zero-order valence-electron chi connectivity index (χ0n) is 17.0. The van der Waals surface area contributed by atoms with Gasteiger partial charge in [0.05, 0.1) is 6.54 Å². The molecule has 0 saturated carbocycles. The number of fused-ring (bicyclic) bond motifs is 1. The molecule has 1 fully saturated rings. The largest absolute Gasteiger partial charge is 0.343 e. The number of hydrogen-bond acceptors (Lipinski definition) is 4. The summed E-state index contributed by atoms with van der Waals surface area (Å²) in [5.41, 5.74) is 2.60. The molecule has 1 N–H and O–H groups in total. The van der Waals surface area contributed by atoms with Crippen molar-refractivity contribution in [1.82, 2.24) is 25.0 Å². The summed E-state index contributed by atoms with van der Waals surface area (Å²) in [6, 6.07) is 8.70. The molecule has 6 heteroatoms. The van der Waals surface area contributed by atoms with Crippen LogP contribution in [0.15, 0.2) is 24.3 Å². The summed E-state index contributed by atoms with van der Waals surface area (Å²) < 4.78 is 2.28. The first-order chi connectivity index (χ1) is 13.7. The van der Waals surface area contributed by atoms with Crippen LogP contribution >= 0.6 is 0 Å². The van der Waals surface area contributed by atoms with E-state index in [-0.39, 0.29) is 11.8 Å². The van der Waals surface area contributed by atoms with Gasteiger partial charge in [0.25, 0.3) is 0 Å². The summed E-state index contributed by atoms with van der Waals surface area (Å²) in [5.74, 6) is 3.11. The second-order valence-electron chi connectivity index (χ2n) is 8.16. The molecule has 2 aliphatic rings. The van der Waals surface area contributed by atoms with Gasteiger partial charge >= 0.3 is 0 Å². The number of likely N-dealkylation sites (tertiary alicyclic amines) is 1. The minimum absolute atomic E-state index is 0.257. The van der Waals surface area contributed by atoms with Gasteiger partial charge in [0.2, 0.25) is 5.91 Å². The second-order valence-corrected chi connectivity index (χ2v) is 8.16. The molecule has 28 heavy (non-hydrogen) atoms. The molecule has 1 unspecified atom stereocenters. The third-order valence-electron chi connectivity index (χ3n) is 6.30. The lowest BCUT2D eigenvalue weighted by Crippen LogP contribution is -2.39. The summed E-state index contributed by atoms with van der Waals surface area (Å²) in [6.45, 7) is 8.70. The third-order valence-corrected chi connectivity index (χ3v) is 6.30. The van der Waals surface area contributed by atoms with E-state index in [4.69, 9.17) is 0 Å². The van der Waals surface area contributed by atoms with E-state index in [0.29, 0.717) is 12.3 Å². The molecule has 3 heterocycles. The van der Waals surface area contributed by atoms with Crippen LogP contribution in [-0.4, -0.2) is 45.2 Å². The number of aromatic nitrogens is 3. The number of rotatable bonds is 5. The molecule has 0 bridgehead atoms. The number of benzene rings is 1. The normalized spacial score (nSPS) is 18.7. The number of amides is 1. The predicted molar refractivity (Wildman–Crippen MR) is 109 cm³/mol. The van der Waals surface area contributed by atoms with Gasteiger partial charge in [-0.1, -0.05) is 38.1 Å². The fourth-order valence-corrected chi connectivity index (χ4v) is 4.39. The Morgan fingerprint density at radius 1 is 1.18 bits per heavy atom. The number of piperidine rings is 1. The monoisotopic (exact) mass is 381 g/mol. The number of carbonyl (C=O) groups is 1. The average Bonchev–Trinajstić information content (AvgIpc) is 3.18. The summed E-state index contributed by atoms with van der Waals surface area (Å²) >= 11 is 0. The van der Waals surface area contributed by atoms with Crippen LogP contribution in [0.2, 0.25) is 0 Å². The molecule has 1 atom stereocenters. The molecular formula is C22H31N5O. The van der Waals surface area contributed by atoms with E-state index in [1.54, 1.807) is 0 Å². The van der Waals surface area contributed by atoms with Crippen LogP contribution < -0.4 is 5.32 Å². The fourth-order valence-electron chi connectivity index (χ4n) is 4.39. The minimum Gasteiger partial charge on any atom is -0.343 e. The summed E-state index contributed by atoms with van der Waals surface area (Å²) in [5, 5.41) is 12.1. The number of aryl methyl sites for hydroxylation is 1. The van der Waals surface area contributed by atoms with E-state index in [2.05, 4.69) is 58.2 Å². The maximum absolute atomic E-state index is 12.8. The van der Waals surface area contributed by atoms with E-state index in [9.17, 15) is 4.79 Å².